The van der Waals surface area contributed by atoms with Gasteiger partial charge < -0.3 is 10.6 Å². The topological polar surface area (TPSA) is 53.1 Å². The van der Waals surface area contributed by atoms with Crippen molar-refractivity contribution in [2.45, 2.75) is 38.5 Å². The van der Waals surface area contributed by atoms with Crippen molar-refractivity contribution in [3.63, 3.8) is 0 Å². The van der Waals surface area contributed by atoms with Gasteiger partial charge in [-0.05, 0) is 42.9 Å². The van der Waals surface area contributed by atoms with Crippen LogP contribution in [-0.4, -0.2) is 30.4 Å². The van der Waals surface area contributed by atoms with Gasteiger partial charge in [0.05, 0.1) is 5.84 Å². The standard InChI is InChI=1S/C13H23N3/c14-12(15)6-13(4-5-13)9-16-7-10-2-1-3-11(10)8-16/h10-11H,1-9H2,(H3,14,15). The molecule has 3 N–H and O–H groups in total. The lowest BCUT2D eigenvalue weighted by Gasteiger charge is -2.23. The third-order valence-electron chi connectivity index (χ3n) is 4.88. The van der Waals surface area contributed by atoms with Gasteiger partial charge in [-0.15, -0.1) is 0 Å². The maximum absolute atomic E-state index is 7.45. The number of nitrogens with zero attached hydrogens (tertiary/aromatic N) is 1. The second kappa shape index (κ2) is 3.73. The Bertz CT molecular complexity index is 284. The van der Waals surface area contributed by atoms with Gasteiger partial charge in [0.2, 0.25) is 0 Å². The van der Waals surface area contributed by atoms with E-state index in [4.69, 9.17) is 11.1 Å². The zero-order chi connectivity index (χ0) is 11.2. The van der Waals surface area contributed by atoms with Crippen LogP contribution in [-0.2, 0) is 0 Å². The molecule has 1 heterocycles. The van der Waals surface area contributed by atoms with Crippen molar-refractivity contribution in [2.24, 2.45) is 23.0 Å². The molecule has 0 bridgehead atoms. The third kappa shape index (κ3) is 1.97. The van der Waals surface area contributed by atoms with Gasteiger partial charge in [-0.1, -0.05) is 6.42 Å². The number of nitrogens with two attached hydrogens (primary N) is 1. The van der Waals surface area contributed by atoms with Crippen LogP contribution in [0.5, 0.6) is 0 Å². The molecule has 0 spiro atoms. The fourth-order valence-electron chi connectivity index (χ4n) is 3.91. The zero-order valence-corrected chi connectivity index (χ0v) is 10.0. The third-order valence-corrected chi connectivity index (χ3v) is 4.88. The summed E-state index contributed by atoms with van der Waals surface area (Å²) >= 11 is 0. The van der Waals surface area contributed by atoms with Gasteiger partial charge in [-0.2, -0.15) is 0 Å². The fourth-order valence-corrected chi connectivity index (χ4v) is 3.91. The van der Waals surface area contributed by atoms with Crippen molar-refractivity contribution in [1.29, 1.82) is 5.41 Å². The lowest BCUT2D eigenvalue weighted by Crippen LogP contribution is -2.31. The highest BCUT2D eigenvalue weighted by molar-refractivity contribution is 5.78. The molecule has 3 aliphatic rings. The van der Waals surface area contributed by atoms with Crippen molar-refractivity contribution in [1.82, 2.24) is 4.90 Å². The van der Waals surface area contributed by atoms with E-state index in [1.54, 1.807) is 0 Å². The zero-order valence-electron chi connectivity index (χ0n) is 10.0. The largest absolute Gasteiger partial charge is 0.388 e. The monoisotopic (exact) mass is 221 g/mol. The van der Waals surface area contributed by atoms with E-state index in [9.17, 15) is 0 Å². The Balaban J connectivity index is 1.54. The molecule has 0 aromatic rings. The summed E-state index contributed by atoms with van der Waals surface area (Å²) in [7, 11) is 0. The lowest BCUT2D eigenvalue weighted by molar-refractivity contribution is 0.250. The van der Waals surface area contributed by atoms with E-state index in [0.29, 0.717) is 11.3 Å². The number of hydrogen-bond acceptors (Lipinski definition) is 2. The summed E-state index contributed by atoms with van der Waals surface area (Å²) in [5.74, 6) is 2.37. The van der Waals surface area contributed by atoms with Crippen molar-refractivity contribution in [3.05, 3.63) is 0 Å². The van der Waals surface area contributed by atoms with Crippen molar-refractivity contribution in [3.8, 4) is 0 Å². The normalized spacial score (nSPS) is 36.2. The Morgan fingerprint density at radius 1 is 1.25 bits per heavy atom. The van der Waals surface area contributed by atoms with E-state index in [0.717, 1.165) is 18.3 Å². The Morgan fingerprint density at radius 3 is 2.38 bits per heavy atom. The van der Waals surface area contributed by atoms with Crippen LogP contribution >= 0.6 is 0 Å². The average Bonchev–Trinajstić information content (AvgIpc) is 2.63. The van der Waals surface area contributed by atoms with Gasteiger partial charge in [-0.3, -0.25) is 5.41 Å². The van der Waals surface area contributed by atoms with E-state index in [1.165, 1.54) is 51.7 Å². The number of hydrogen-bond donors (Lipinski definition) is 2. The van der Waals surface area contributed by atoms with Crippen LogP contribution in [0.25, 0.3) is 0 Å². The predicted molar refractivity (Wildman–Crippen MR) is 65.5 cm³/mol. The molecule has 0 amide bonds. The molecule has 1 aliphatic heterocycles. The number of rotatable bonds is 4. The van der Waals surface area contributed by atoms with Gasteiger partial charge in [-0.25, -0.2) is 0 Å². The van der Waals surface area contributed by atoms with Gasteiger partial charge >= 0.3 is 0 Å². The summed E-state index contributed by atoms with van der Waals surface area (Å²) in [6, 6.07) is 0. The lowest BCUT2D eigenvalue weighted by atomic mass is 10.0. The SMILES string of the molecule is N=C(N)CC1(CN2CC3CCCC3C2)CC1. The molecule has 0 aromatic carbocycles. The Hall–Kier alpha value is -0.570. The predicted octanol–water partition coefficient (Wildman–Crippen LogP) is 1.82. The quantitative estimate of drug-likeness (QED) is 0.562. The first-order chi connectivity index (χ1) is 7.67. The summed E-state index contributed by atoms with van der Waals surface area (Å²) in [4.78, 5) is 2.66. The van der Waals surface area contributed by atoms with Crippen LogP contribution in [0.1, 0.15) is 38.5 Å². The highest BCUT2D eigenvalue weighted by Crippen LogP contribution is 2.50. The summed E-state index contributed by atoms with van der Waals surface area (Å²) in [6.07, 6.45) is 7.79. The van der Waals surface area contributed by atoms with Crippen molar-refractivity contribution in [2.75, 3.05) is 19.6 Å². The fraction of sp³-hybridized carbons (Fsp3) is 0.923. The average molecular weight is 221 g/mol. The number of amidine groups is 1. The smallest absolute Gasteiger partial charge is 0.0911 e. The molecule has 3 rings (SSSR count). The molecule has 3 nitrogen and oxygen atoms in total. The molecule has 3 heteroatoms. The molecule has 2 unspecified atom stereocenters. The van der Waals surface area contributed by atoms with Gasteiger partial charge in [0.1, 0.15) is 0 Å². The molecule has 1 saturated heterocycles. The molecule has 3 fully saturated rings. The highest BCUT2D eigenvalue weighted by Gasteiger charge is 2.46. The number of likely N-dealkylation sites (tertiary alicyclic amines) is 1. The van der Waals surface area contributed by atoms with Gasteiger partial charge in [0.15, 0.2) is 0 Å². The van der Waals surface area contributed by atoms with E-state index >= 15 is 0 Å². The van der Waals surface area contributed by atoms with E-state index in [1.807, 2.05) is 0 Å². The molecule has 0 aromatic heterocycles. The molecule has 0 radical (unpaired) electrons. The minimum absolute atomic E-state index is 0.386. The number of nitrogens with one attached hydrogen (secondary N) is 1. The summed E-state index contributed by atoms with van der Waals surface area (Å²) in [5, 5.41) is 7.45. The first-order valence-corrected chi connectivity index (χ1v) is 6.72. The Kier molecular flexibility index (Phi) is 2.46. The van der Waals surface area contributed by atoms with Crippen LogP contribution in [0.3, 0.4) is 0 Å². The van der Waals surface area contributed by atoms with Crippen LogP contribution in [0, 0.1) is 22.7 Å². The number of fused-ring (bicyclic) bond motifs is 1. The summed E-state index contributed by atoms with van der Waals surface area (Å²) in [5.41, 5.74) is 5.96. The molecule has 2 atom stereocenters. The van der Waals surface area contributed by atoms with Gasteiger partial charge in [0, 0.05) is 26.1 Å². The van der Waals surface area contributed by atoms with Crippen LogP contribution < -0.4 is 5.73 Å². The maximum Gasteiger partial charge on any atom is 0.0911 e. The molecule has 16 heavy (non-hydrogen) atoms. The summed E-state index contributed by atoms with van der Waals surface area (Å²) < 4.78 is 0. The molecule has 2 aliphatic carbocycles. The van der Waals surface area contributed by atoms with Crippen molar-refractivity contribution < 1.29 is 0 Å². The Labute approximate surface area is 97.9 Å². The van der Waals surface area contributed by atoms with Crippen LogP contribution in [0.15, 0.2) is 0 Å². The second-order valence-electron chi connectivity index (χ2n) is 6.35. The molecular weight excluding hydrogens is 198 g/mol. The minimum atomic E-state index is 0.386. The second-order valence-corrected chi connectivity index (χ2v) is 6.35. The molecule has 2 saturated carbocycles. The molecular formula is C13H23N3. The summed E-state index contributed by atoms with van der Waals surface area (Å²) in [6.45, 7) is 3.86. The first-order valence-electron chi connectivity index (χ1n) is 6.72. The minimum Gasteiger partial charge on any atom is -0.388 e. The Morgan fingerprint density at radius 2 is 1.88 bits per heavy atom. The van der Waals surface area contributed by atoms with Crippen molar-refractivity contribution >= 4 is 5.84 Å². The van der Waals surface area contributed by atoms with E-state index in [2.05, 4.69) is 4.90 Å². The van der Waals surface area contributed by atoms with Crippen LogP contribution in [0.4, 0.5) is 0 Å². The maximum atomic E-state index is 7.45. The highest BCUT2D eigenvalue weighted by atomic mass is 15.2. The first kappa shape index (κ1) is 10.6. The van der Waals surface area contributed by atoms with Gasteiger partial charge in [0.25, 0.3) is 0 Å². The molecule has 90 valence electrons. The van der Waals surface area contributed by atoms with E-state index in [-0.39, 0.29) is 0 Å². The van der Waals surface area contributed by atoms with E-state index < -0.39 is 0 Å². The van der Waals surface area contributed by atoms with Crippen LogP contribution in [0.2, 0.25) is 0 Å².